The molecule has 0 aromatic heterocycles. The minimum Gasteiger partial charge on any atom is -0.378 e. The van der Waals surface area contributed by atoms with Crippen LogP contribution in [0.3, 0.4) is 0 Å². The number of morpholine rings is 1. The fraction of sp³-hybridized carbons (Fsp3) is 0.550. The van der Waals surface area contributed by atoms with Crippen molar-refractivity contribution >= 4 is 40.3 Å². The molecule has 1 fully saturated rings. The molecule has 29 heavy (non-hydrogen) atoms. The van der Waals surface area contributed by atoms with Gasteiger partial charge in [-0.3, -0.25) is 4.79 Å². The number of amides is 1. The Hall–Kier alpha value is -1.61. The molecule has 3 aliphatic rings. The average molecular weight is 436 g/mol. The zero-order valence-electron chi connectivity index (χ0n) is 17.0. The third kappa shape index (κ3) is 4.30. The predicted molar refractivity (Wildman–Crippen MR) is 118 cm³/mol. The number of carbonyl (C=O) groups is 1. The number of thioether (sulfide) groups is 1. The van der Waals surface area contributed by atoms with Crippen LogP contribution in [0.2, 0.25) is 5.02 Å². The summed E-state index contributed by atoms with van der Waals surface area (Å²) in [5.41, 5.74) is 2.17. The Balaban J connectivity index is 1.66. The van der Waals surface area contributed by atoms with Crippen LogP contribution in [0, 0.1) is 6.92 Å². The van der Waals surface area contributed by atoms with Crippen molar-refractivity contribution in [3.8, 4) is 0 Å². The summed E-state index contributed by atoms with van der Waals surface area (Å²) in [6.07, 6.45) is -0.254. The molecule has 3 aliphatic heterocycles. The van der Waals surface area contributed by atoms with Gasteiger partial charge in [0, 0.05) is 24.7 Å². The van der Waals surface area contributed by atoms with Gasteiger partial charge in [-0.05, 0) is 38.2 Å². The smallest absolute Gasteiger partial charge is 0.265 e. The van der Waals surface area contributed by atoms with Crippen molar-refractivity contribution < 1.29 is 9.53 Å². The molecule has 1 amide bonds. The maximum Gasteiger partial charge on any atom is 0.265 e. The third-order valence-corrected chi connectivity index (χ3v) is 7.02. The lowest BCUT2D eigenvalue weighted by molar-refractivity contribution is -0.118. The molecule has 7 nitrogen and oxygen atoms in total. The van der Waals surface area contributed by atoms with Crippen LogP contribution >= 0.6 is 23.4 Å². The van der Waals surface area contributed by atoms with Crippen molar-refractivity contribution in [2.45, 2.75) is 24.9 Å². The lowest BCUT2D eigenvalue weighted by Crippen LogP contribution is -2.52. The minimum atomic E-state index is -0.307. The number of nitrogens with zero attached hydrogens (tertiary/aromatic N) is 5. The largest absolute Gasteiger partial charge is 0.378 e. The van der Waals surface area contributed by atoms with Gasteiger partial charge >= 0.3 is 0 Å². The number of amidine groups is 2. The average Bonchev–Trinajstić information content (AvgIpc) is 3.14. The van der Waals surface area contributed by atoms with E-state index in [1.54, 1.807) is 0 Å². The van der Waals surface area contributed by atoms with Gasteiger partial charge in [-0.15, -0.1) is 0 Å². The summed E-state index contributed by atoms with van der Waals surface area (Å²) in [6, 6.07) is 5.94. The Kier molecular flexibility index (Phi) is 6.15. The molecule has 0 bridgehead atoms. The predicted octanol–water partition coefficient (Wildman–Crippen LogP) is 2.08. The van der Waals surface area contributed by atoms with E-state index in [0.29, 0.717) is 26.3 Å². The van der Waals surface area contributed by atoms with E-state index in [9.17, 15) is 4.79 Å². The van der Waals surface area contributed by atoms with Gasteiger partial charge in [-0.1, -0.05) is 35.5 Å². The maximum atomic E-state index is 12.8. The SMILES string of the molecule is Cc1c(Cl)cccc1CN1C(CN(C)C)=NC(=O)C2SC(N3CCOCC3)=NC21. The minimum absolute atomic E-state index is 0.0945. The summed E-state index contributed by atoms with van der Waals surface area (Å²) in [5.74, 6) is 0.663. The van der Waals surface area contributed by atoms with E-state index in [0.717, 1.165) is 40.2 Å². The molecule has 0 radical (unpaired) electrons. The van der Waals surface area contributed by atoms with E-state index in [4.69, 9.17) is 21.3 Å². The highest BCUT2D eigenvalue weighted by atomic mass is 35.5. The van der Waals surface area contributed by atoms with E-state index >= 15 is 0 Å². The van der Waals surface area contributed by atoms with Crippen LogP contribution in [-0.4, -0.2) is 90.0 Å². The number of hydrogen-bond donors (Lipinski definition) is 0. The first kappa shape index (κ1) is 20.7. The van der Waals surface area contributed by atoms with Crippen molar-refractivity contribution in [1.29, 1.82) is 0 Å². The summed E-state index contributed by atoms with van der Waals surface area (Å²) in [7, 11) is 3.96. The molecule has 0 spiro atoms. The zero-order valence-corrected chi connectivity index (χ0v) is 18.5. The topological polar surface area (TPSA) is 60.7 Å². The van der Waals surface area contributed by atoms with Crippen LogP contribution in [-0.2, 0) is 16.1 Å². The molecule has 156 valence electrons. The van der Waals surface area contributed by atoms with Crippen molar-refractivity contribution in [3.05, 3.63) is 34.3 Å². The lowest BCUT2D eigenvalue weighted by Gasteiger charge is -2.36. The number of carbonyl (C=O) groups excluding carboxylic acids is 1. The molecule has 4 rings (SSSR count). The Bertz CT molecular complexity index is 853. The van der Waals surface area contributed by atoms with Gasteiger partial charge in [0.2, 0.25) is 0 Å². The number of hydrogen-bond acceptors (Lipinski definition) is 7. The normalized spacial score (nSPS) is 24.7. The molecule has 0 aliphatic carbocycles. The van der Waals surface area contributed by atoms with E-state index in [1.165, 1.54) is 11.8 Å². The molecule has 3 heterocycles. The number of rotatable bonds is 4. The second-order valence-electron chi connectivity index (χ2n) is 7.72. The molecule has 1 aromatic carbocycles. The van der Waals surface area contributed by atoms with Crippen LogP contribution in [0.1, 0.15) is 11.1 Å². The molecular weight excluding hydrogens is 410 g/mol. The van der Waals surface area contributed by atoms with Gasteiger partial charge in [0.05, 0.1) is 19.8 Å². The van der Waals surface area contributed by atoms with Crippen LogP contribution in [0.25, 0.3) is 0 Å². The Labute approximate surface area is 180 Å². The monoisotopic (exact) mass is 435 g/mol. The molecule has 1 saturated heterocycles. The first-order valence-corrected chi connectivity index (χ1v) is 11.0. The Morgan fingerprint density at radius 1 is 1.31 bits per heavy atom. The molecule has 0 N–H and O–H groups in total. The van der Waals surface area contributed by atoms with Gasteiger partial charge in [-0.2, -0.15) is 4.99 Å². The third-order valence-electron chi connectivity index (χ3n) is 5.34. The first-order chi connectivity index (χ1) is 13.9. The van der Waals surface area contributed by atoms with Gasteiger partial charge in [0.25, 0.3) is 5.91 Å². The molecule has 1 aromatic rings. The standard InChI is InChI=1S/C20H26ClN5O2S/c1-13-14(5-4-6-15(13)21)11-26-16(12-24(2)3)22-19(27)17-18(26)23-20(29-17)25-7-9-28-10-8-25/h4-6,17-18H,7-12H2,1-3H3. The number of aliphatic imine (C=N–C) groups is 2. The second-order valence-corrected chi connectivity index (χ2v) is 9.23. The van der Waals surface area contributed by atoms with Crippen molar-refractivity contribution in [2.24, 2.45) is 9.98 Å². The fourth-order valence-corrected chi connectivity index (χ4v) is 5.12. The highest BCUT2D eigenvalue weighted by molar-refractivity contribution is 8.15. The summed E-state index contributed by atoms with van der Waals surface area (Å²) in [4.78, 5) is 28.7. The van der Waals surface area contributed by atoms with E-state index < -0.39 is 0 Å². The highest BCUT2D eigenvalue weighted by Crippen LogP contribution is 2.36. The number of ether oxygens (including phenoxy) is 1. The summed E-state index contributed by atoms with van der Waals surface area (Å²) in [5, 5.41) is 1.36. The summed E-state index contributed by atoms with van der Waals surface area (Å²) in [6.45, 7) is 6.22. The zero-order chi connectivity index (χ0) is 20.5. The van der Waals surface area contributed by atoms with Crippen LogP contribution in [0.4, 0.5) is 0 Å². The Morgan fingerprint density at radius 3 is 2.79 bits per heavy atom. The van der Waals surface area contributed by atoms with Gasteiger partial charge in [0.1, 0.15) is 17.3 Å². The van der Waals surface area contributed by atoms with Crippen molar-refractivity contribution in [2.75, 3.05) is 46.9 Å². The van der Waals surface area contributed by atoms with Crippen LogP contribution < -0.4 is 0 Å². The first-order valence-electron chi connectivity index (χ1n) is 9.78. The van der Waals surface area contributed by atoms with Crippen molar-refractivity contribution in [1.82, 2.24) is 14.7 Å². The van der Waals surface area contributed by atoms with Gasteiger partial charge in [0.15, 0.2) is 5.17 Å². The number of fused-ring (bicyclic) bond motifs is 1. The van der Waals surface area contributed by atoms with E-state index in [-0.39, 0.29) is 17.3 Å². The highest BCUT2D eigenvalue weighted by Gasteiger charge is 2.45. The second kappa shape index (κ2) is 8.63. The maximum absolute atomic E-state index is 12.8. The Morgan fingerprint density at radius 2 is 2.07 bits per heavy atom. The fourth-order valence-electron chi connectivity index (χ4n) is 3.72. The number of benzene rings is 1. The summed E-state index contributed by atoms with van der Waals surface area (Å²) >= 11 is 7.88. The van der Waals surface area contributed by atoms with E-state index in [1.807, 2.05) is 38.1 Å². The number of halogens is 1. The van der Waals surface area contributed by atoms with Gasteiger partial charge in [-0.25, -0.2) is 4.99 Å². The van der Waals surface area contributed by atoms with E-state index in [2.05, 4.69) is 20.9 Å². The molecule has 2 atom stereocenters. The summed E-state index contributed by atoms with van der Waals surface area (Å²) < 4.78 is 5.46. The van der Waals surface area contributed by atoms with Crippen LogP contribution in [0.5, 0.6) is 0 Å². The van der Waals surface area contributed by atoms with Gasteiger partial charge < -0.3 is 19.4 Å². The molecule has 9 heteroatoms. The quantitative estimate of drug-likeness (QED) is 0.721. The molecule has 0 saturated carbocycles. The van der Waals surface area contributed by atoms with Crippen molar-refractivity contribution in [3.63, 3.8) is 0 Å². The lowest BCUT2D eigenvalue weighted by atomic mass is 10.1. The molecule has 2 unspecified atom stereocenters. The number of likely N-dealkylation sites (N-methyl/N-ethyl adjacent to an activating group) is 1. The van der Waals surface area contributed by atoms with Crippen LogP contribution in [0.15, 0.2) is 28.2 Å². The molecular formula is C20H26ClN5O2S.